The summed E-state index contributed by atoms with van der Waals surface area (Å²) in [5.41, 5.74) is 0.927. The molecule has 0 aliphatic rings. The summed E-state index contributed by atoms with van der Waals surface area (Å²) >= 11 is 0. The van der Waals surface area contributed by atoms with Gasteiger partial charge in [0, 0.05) is 24.5 Å². The van der Waals surface area contributed by atoms with Crippen LogP contribution in [0.25, 0.3) is 0 Å². The van der Waals surface area contributed by atoms with Crippen molar-refractivity contribution < 1.29 is 8.42 Å². The lowest BCUT2D eigenvalue weighted by Crippen LogP contribution is -2.26. The zero-order valence-corrected chi connectivity index (χ0v) is 10.5. The Morgan fingerprint density at radius 3 is 2.75 bits per heavy atom. The van der Waals surface area contributed by atoms with Crippen molar-refractivity contribution in [3.8, 4) is 0 Å². The first-order valence-electron chi connectivity index (χ1n) is 5.40. The lowest BCUT2D eigenvalue weighted by atomic mass is 10.2. The van der Waals surface area contributed by atoms with Crippen molar-refractivity contribution in [2.45, 2.75) is 19.9 Å². The van der Waals surface area contributed by atoms with E-state index in [2.05, 4.69) is 10.3 Å². The molecule has 0 saturated carbocycles. The lowest BCUT2D eigenvalue weighted by Gasteiger charge is -2.12. The first kappa shape index (κ1) is 13.1. The minimum atomic E-state index is -2.88. The summed E-state index contributed by atoms with van der Waals surface area (Å²) in [4.78, 5) is 4.20. The zero-order chi connectivity index (χ0) is 12.0. The van der Waals surface area contributed by atoms with Gasteiger partial charge >= 0.3 is 0 Å². The monoisotopic (exact) mass is 242 g/mol. The van der Waals surface area contributed by atoms with Crippen LogP contribution in [0.2, 0.25) is 0 Å². The number of pyridine rings is 1. The molecule has 5 heteroatoms. The molecule has 0 aromatic carbocycles. The quantitative estimate of drug-likeness (QED) is 0.813. The van der Waals surface area contributed by atoms with Crippen LogP contribution in [-0.2, 0) is 9.84 Å². The van der Waals surface area contributed by atoms with Gasteiger partial charge in [0.2, 0.25) is 0 Å². The van der Waals surface area contributed by atoms with Gasteiger partial charge in [-0.1, -0.05) is 13.0 Å². The number of aromatic nitrogens is 1. The Hall–Kier alpha value is -0.940. The van der Waals surface area contributed by atoms with Crippen molar-refractivity contribution in [1.82, 2.24) is 10.3 Å². The molecule has 0 fully saturated rings. The summed E-state index contributed by atoms with van der Waals surface area (Å²) in [5, 5.41) is 3.15. The fourth-order valence-electron chi connectivity index (χ4n) is 1.31. The predicted octanol–water partition coefficient (Wildman–Crippen LogP) is 1.17. The molecule has 1 aromatic heterocycles. The maximum atomic E-state index is 11.3. The van der Waals surface area contributed by atoms with Gasteiger partial charge in [-0.25, -0.2) is 8.42 Å². The summed E-state index contributed by atoms with van der Waals surface area (Å²) in [6, 6.07) is 5.78. The number of hydrogen-bond acceptors (Lipinski definition) is 4. The van der Waals surface area contributed by atoms with E-state index in [1.807, 2.05) is 25.1 Å². The molecule has 4 nitrogen and oxygen atoms in total. The van der Waals surface area contributed by atoms with E-state index >= 15 is 0 Å². The van der Waals surface area contributed by atoms with E-state index in [0.717, 1.165) is 5.69 Å². The van der Waals surface area contributed by atoms with E-state index in [4.69, 9.17) is 0 Å². The molecule has 0 amide bonds. The van der Waals surface area contributed by atoms with Crippen LogP contribution in [0.5, 0.6) is 0 Å². The Labute approximate surface area is 97.0 Å². The highest BCUT2D eigenvalue weighted by atomic mass is 32.2. The number of rotatable bonds is 6. The van der Waals surface area contributed by atoms with Crippen molar-refractivity contribution in [3.63, 3.8) is 0 Å². The highest BCUT2D eigenvalue weighted by molar-refractivity contribution is 7.91. The number of nitrogens with one attached hydrogen (secondary N) is 1. The first-order chi connectivity index (χ1) is 7.55. The van der Waals surface area contributed by atoms with Crippen molar-refractivity contribution in [2.24, 2.45) is 0 Å². The highest BCUT2D eigenvalue weighted by Gasteiger charge is 2.09. The normalized spacial score (nSPS) is 13.6. The largest absolute Gasteiger partial charge is 0.308 e. The van der Waals surface area contributed by atoms with Gasteiger partial charge in [0.05, 0.1) is 11.4 Å². The molecule has 0 aliphatic heterocycles. The maximum Gasteiger partial charge on any atom is 0.151 e. The highest BCUT2D eigenvalue weighted by Crippen LogP contribution is 2.07. The second-order valence-electron chi connectivity index (χ2n) is 3.67. The smallest absolute Gasteiger partial charge is 0.151 e. The second-order valence-corrected chi connectivity index (χ2v) is 6.14. The third-order valence-corrected chi connectivity index (χ3v) is 4.14. The number of sulfone groups is 1. The molecule has 90 valence electrons. The molecule has 0 unspecified atom stereocenters. The average molecular weight is 242 g/mol. The summed E-state index contributed by atoms with van der Waals surface area (Å²) in [7, 11) is -2.88. The first-order valence-corrected chi connectivity index (χ1v) is 7.22. The van der Waals surface area contributed by atoms with E-state index in [9.17, 15) is 8.42 Å². The zero-order valence-electron chi connectivity index (χ0n) is 9.68. The van der Waals surface area contributed by atoms with E-state index in [-0.39, 0.29) is 17.5 Å². The van der Waals surface area contributed by atoms with Crippen molar-refractivity contribution in [3.05, 3.63) is 30.1 Å². The van der Waals surface area contributed by atoms with Gasteiger partial charge in [0.1, 0.15) is 0 Å². The summed E-state index contributed by atoms with van der Waals surface area (Å²) in [5.74, 6) is 0.382. The topological polar surface area (TPSA) is 59.1 Å². The van der Waals surface area contributed by atoms with Crippen molar-refractivity contribution >= 4 is 9.84 Å². The molecule has 1 aromatic rings. The van der Waals surface area contributed by atoms with Gasteiger partial charge in [-0.2, -0.15) is 0 Å². The SMILES string of the molecule is CCS(=O)(=O)CCN[C@@H](C)c1ccccn1. The molecule has 1 heterocycles. The van der Waals surface area contributed by atoms with Gasteiger partial charge < -0.3 is 5.32 Å². The average Bonchev–Trinajstić information content (AvgIpc) is 2.30. The molecule has 0 spiro atoms. The van der Waals surface area contributed by atoms with Gasteiger partial charge in [0.15, 0.2) is 9.84 Å². The number of nitrogens with zero attached hydrogens (tertiary/aromatic N) is 1. The molecular formula is C11H18N2O2S. The Morgan fingerprint density at radius 1 is 1.44 bits per heavy atom. The molecule has 16 heavy (non-hydrogen) atoms. The van der Waals surface area contributed by atoms with Crippen LogP contribution in [0.3, 0.4) is 0 Å². The van der Waals surface area contributed by atoms with E-state index in [0.29, 0.717) is 6.54 Å². The molecule has 0 saturated heterocycles. The Balaban J connectivity index is 2.40. The van der Waals surface area contributed by atoms with Crippen LogP contribution in [0.1, 0.15) is 25.6 Å². The van der Waals surface area contributed by atoms with E-state index in [1.165, 1.54) is 0 Å². The van der Waals surface area contributed by atoms with Gasteiger partial charge in [-0.15, -0.1) is 0 Å². The van der Waals surface area contributed by atoms with Crippen LogP contribution >= 0.6 is 0 Å². The third-order valence-electron chi connectivity index (χ3n) is 2.43. The predicted molar refractivity (Wildman–Crippen MR) is 65.0 cm³/mol. The molecule has 1 N–H and O–H groups in total. The van der Waals surface area contributed by atoms with E-state index < -0.39 is 9.84 Å². The van der Waals surface area contributed by atoms with Crippen LogP contribution in [0.15, 0.2) is 24.4 Å². The van der Waals surface area contributed by atoms with Gasteiger partial charge in [0.25, 0.3) is 0 Å². The Morgan fingerprint density at radius 2 is 2.19 bits per heavy atom. The standard InChI is InChI=1S/C11H18N2O2S/c1-3-16(14,15)9-8-12-10(2)11-6-4-5-7-13-11/h4-7,10,12H,3,8-9H2,1-2H3/t10-/m0/s1. The summed E-state index contributed by atoms with van der Waals surface area (Å²) in [6.07, 6.45) is 1.73. The van der Waals surface area contributed by atoms with Gasteiger partial charge in [-0.05, 0) is 19.1 Å². The Bertz CT molecular complexity index is 403. The third kappa shape index (κ3) is 4.28. The second kappa shape index (κ2) is 5.96. The minimum Gasteiger partial charge on any atom is -0.308 e. The summed E-state index contributed by atoms with van der Waals surface area (Å²) < 4.78 is 22.5. The molecular weight excluding hydrogens is 224 g/mol. The van der Waals surface area contributed by atoms with Gasteiger partial charge in [-0.3, -0.25) is 4.98 Å². The van der Waals surface area contributed by atoms with Crippen LogP contribution in [0.4, 0.5) is 0 Å². The van der Waals surface area contributed by atoms with Crippen molar-refractivity contribution in [2.75, 3.05) is 18.1 Å². The van der Waals surface area contributed by atoms with Crippen LogP contribution < -0.4 is 5.32 Å². The minimum absolute atomic E-state index is 0.0771. The fourth-order valence-corrected chi connectivity index (χ4v) is 2.03. The lowest BCUT2D eigenvalue weighted by molar-refractivity contribution is 0.566. The van der Waals surface area contributed by atoms with Crippen LogP contribution in [-0.4, -0.2) is 31.5 Å². The molecule has 1 atom stereocenters. The number of hydrogen-bond donors (Lipinski definition) is 1. The molecule has 0 aliphatic carbocycles. The van der Waals surface area contributed by atoms with Crippen molar-refractivity contribution in [1.29, 1.82) is 0 Å². The van der Waals surface area contributed by atoms with Crippen LogP contribution in [0, 0.1) is 0 Å². The summed E-state index contributed by atoms with van der Waals surface area (Å²) in [6.45, 7) is 4.10. The Kier molecular flexibility index (Phi) is 4.89. The maximum absolute atomic E-state index is 11.3. The molecule has 0 radical (unpaired) electrons. The van der Waals surface area contributed by atoms with E-state index in [1.54, 1.807) is 13.1 Å². The fraction of sp³-hybridized carbons (Fsp3) is 0.545. The molecule has 0 bridgehead atoms. The molecule has 1 rings (SSSR count).